The van der Waals surface area contributed by atoms with E-state index in [9.17, 15) is 4.79 Å². The zero-order chi connectivity index (χ0) is 14.3. The average Bonchev–Trinajstić information content (AvgIpc) is 3.07. The van der Waals surface area contributed by atoms with E-state index >= 15 is 0 Å². The highest BCUT2D eigenvalue weighted by molar-refractivity contribution is 9.11. The fraction of sp³-hybridized carbons (Fsp3) is 0.308. The molecule has 0 aromatic carbocycles. The second-order valence-corrected chi connectivity index (χ2v) is 7.04. The molecule has 7 heteroatoms. The molecule has 1 fully saturated rings. The number of halogens is 1. The summed E-state index contributed by atoms with van der Waals surface area (Å²) in [4.78, 5) is 15.0. The first kappa shape index (κ1) is 13.5. The average molecular weight is 354 g/mol. The van der Waals surface area contributed by atoms with Crippen molar-refractivity contribution in [1.82, 2.24) is 14.8 Å². The fourth-order valence-corrected chi connectivity index (χ4v) is 3.49. The van der Waals surface area contributed by atoms with Crippen molar-refractivity contribution in [2.24, 2.45) is 7.05 Å². The van der Waals surface area contributed by atoms with Gasteiger partial charge in [0.05, 0.1) is 11.9 Å². The van der Waals surface area contributed by atoms with E-state index in [1.165, 1.54) is 29.7 Å². The van der Waals surface area contributed by atoms with Gasteiger partial charge in [-0.2, -0.15) is 5.10 Å². The van der Waals surface area contributed by atoms with Crippen LogP contribution in [-0.4, -0.2) is 25.8 Å². The quantitative estimate of drug-likeness (QED) is 0.914. The van der Waals surface area contributed by atoms with Crippen LogP contribution in [0.3, 0.4) is 0 Å². The summed E-state index contributed by atoms with van der Waals surface area (Å²) in [5, 5.41) is 13.9. The molecule has 0 spiro atoms. The van der Waals surface area contributed by atoms with Crippen LogP contribution in [0, 0.1) is 0 Å². The Morgan fingerprint density at radius 1 is 1.55 bits per heavy atom. The minimum atomic E-state index is -1.02. The lowest BCUT2D eigenvalue weighted by molar-refractivity contribution is 0.0690. The highest BCUT2D eigenvalue weighted by Gasteiger charge is 2.27. The highest BCUT2D eigenvalue weighted by atomic mass is 79.9. The Hall–Kier alpha value is -1.47. The molecule has 0 aliphatic heterocycles. The molecule has 5 nitrogen and oxygen atoms in total. The van der Waals surface area contributed by atoms with Gasteiger partial charge in [-0.05, 0) is 46.8 Å². The number of rotatable bonds is 4. The topological polar surface area (TPSA) is 68.0 Å². The van der Waals surface area contributed by atoms with E-state index in [1.807, 2.05) is 30.1 Å². The van der Waals surface area contributed by atoms with Gasteiger partial charge >= 0.3 is 5.97 Å². The number of aryl methyl sites for hydroxylation is 1. The summed E-state index contributed by atoms with van der Waals surface area (Å²) >= 11 is 4.53. The standard InChI is InChI=1S/C13H12BrN3O2S/c1-17-9(8(6-15-17)7-2-3-7)4-5-10-16-11(13(18)19)12(14)20-10/h4-7H,2-3H2,1H3,(H,18,19). The van der Waals surface area contributed by atoms with Crippen molar-refractivity contribution in [3.05, 3.63) is 31.9 Å². The normalized spacial score (nSPS) is 15.1. The van der Waals surface area contributed by atoms with Crippen molar-refractivity contribution < 1.29 is 9.90 Å². The summed E-state index contributed by atoms with van der Waals surface area (Å²) in [6.45, 7) is 0. The lowest BCUT2D eigenvalue weighted by Gasteiger charge is -1.98. The molecule has 0 bridgehead atoms. The van der Waals surface area contributed by atoms with E-state index < -0.39 is 5.97 Å². The van der Waals surface area contributed by atoms with Gasteiger partial charge in [0.1, 0.15) is 8.79 Å². The highest BCUT2D eigenvalue weighted by Crippen LogP contribution is 2.42. The van der Waals surface area contributed by atoms with Crippen molar-refractivity contribution in [3.8, 4) is 0 Å². The number of carboxylic acids is 1. The third-order valence-corrected chi connectivity index (χ3v) is 4.89. The SMILES string of the molecule is Cn1ncc(C2CC2)c1C=Cc1nc(C(=O)O)c(Br)s1. The molecule has 0 unspecified atom stereocenters. The van der Waals surface area contributed by atoms with Crippen molar-refractivity contribution >= 4 is 45.4 Å². The number of hydrogen-bond donors (Lipinski definition) is 1. The Morgan fingerprint density at radius 2 is 2.30 bits per heavy atom. The second-order valence-electron chi connectivity index (χ2n) is 4.70. The van der Waals surface area contributed by atoms with Gasteiger partial charge in [0.2, 0.25) is 0 Å². The minimum Gasteiger partial charge on any atom is -0.476 e. The van der Waals surface area contributed by atoms with Crippen LogP contribution in [0.4, 0.5) is 0 Å². The predicted molar refractivity (Wildman–Crippen MR) is 80.9 cm³/mol. The maximum absolute atomic E-state index is 10.9. The van der Waals surface area contributed by atoms with E-state index in [2.05, 4.69) is 26.0 Å². The fourth-order valence-electron chi connectivity index (χ4n) is 2.05. The zero-order valence-corrected chi connectivity index (χ0v) is 13.1. The van der Waals surface area contributed by atoms with Crippen LogP contribution in [0.5, 0.6) is 0 Å². The van der Waals surface area contributed by atoms with Crippen molar-refractivity contribution in [3.63, 3.8) is 0 Å². The van der Waals surface area contributed by atoms with Gasteiger partial charge in [0.15, 0.2) is 5.69 Å². The van der Waals surface area contributed by atoms with Crippen LogP contribution in [0.25, 0.3) is 12.2 Å². The van der Waals surface area contributed by atoms with Crippen LogP contribution >= 0.6 is 27.3 Å². The van der Waals surface area contributed by atoms with Crippen molar-refractivity contribution in [1.29, 1.82) is 0 Å². The molecule has 1 aliphatic carbocycles. The Balaban J connectivity index is 1.89. The number of aromatic nitrogens is 3. The van der Waals surface area contributed by atoms with Gasteiger partial charge in [-0.1, -0.05) is 0 Å². The van der Waals surface area contributed by atoms with E-state index in [4.69, 9.17) is 5.11 Å². The largest absolute Gasteiger partial charge is 0.476 e. The molecule has 20 heavy (non-hydrogen) atoms. The van der Waals surface area contributed by atoms with Gasteiger partial charge in [-0.25, -0.2) is 9.78 Å². The van der Waals surface area contributed by atoms with Gasteiger partial charge in [-0.15, -0.1) is 11.3 Å². The van der Waals surface area contributed by atoms with E-state index in [1.54, 1.807) is 0 Å². The maximum atomic E-state index is 10.9. The lowest BCUT2D eigenvalue weighted by atomic mass is 10.1. The summed E-state index contributed by atoms with van der Waals surface area (Å²) in [5.74, 6) is -0.395. The third kappa shape index (κ3) is 2.55. The number of nitrogens with zero attached hydrogens (tertiary/aromatic N) is 3. The van der Waals surface area contributed by atoms with Gasteiger partial charge in [-0.3, -0.25) is 4.68 Å². The molecular formula is C13H12BrN3O2S. The molecule has 1 saturated carbocycles. The molecular weight excluding hydrogens is 342 g/mol. The maximum Gasteiger partial charge on any atom is 0.356 e. The van der Waals surface area contributed by atoms with Gasteiger partial charge in [0, 0.05) is 12.6 Å². The summed E-state index contributed by atoms with van der Waals surface area (Å²) in [6.07, 6.45) is 8.15. The van der Waals surface area contributed by atoms with Gasteiger partial charge in [0.25, 0.3) is 0 Å². The lowest BCUT2D eigenvalue weighted by Crippen LogP contribution is -1.97. The van der Waals surface area contributed by atoms with Crippen LogP contribution < -0.4 is 0 Å². The smallest absolute Gasteiger partial charge is 0.356 e. The molecule has 3 rings (SSSR count). The third-order valence-electron chi connectivity index (χ3n) is 3.22. The first-order valence-corrected chi connectivity index (χ1v) is 7.77. The zero-order valence-electron chi connectivity index (χ0n) is 10.7. The minimum absolute atomic E-state index is 0.0575. The molecule has 0 atom stereocenters. The molecule has 0 saturated heterocycles. The first-order chi connectivity index (χ1) is 9.56. The molecule has 0 amide bonds. The molecule has 2 aromatic rings. The van der Waals surface area contributed by atoms with Crippen LogP contribution in [0.1, 0.15) is 45.5 Å². The summed E-state index contributed by atoms with van der Waals surface area (Å²) in [7, 11) is 1.91. The number of thiazole rings is 1. The number of carbonyl (C=O) groups is 1. The van der Waals surface area contributed by atoms with E-state index in [0.29, 0.717) is 14.7 Å². The van der Waals surface area contributed by atoms with Crippen LogP contribution in [0.2, 0.25) is 0 Å². The van der Waals surface area contributed by atoms with Gasteiger partial charge < -0.3 is 5.11 Å². The van der Waals surface area contributed by atoms with Crippen LogP contribution in [0.15, 0.2) is 9.98 Å². The molecule has 2 heterocycles. The Bertz CT molecular complexity index is 701. The molecule has 0 radical (unpaired) electrons. The van der Waals surface area contributed by atoms with Crippen molar-refractivity contribution in [2.45, 2.75) is 18.8 Å². The van der Waals surface area contributed by atoms with Crippen LogP contribution in [-0.2, 0) is 7.05 Å². The van der Waals surface area contributed by atoms with E-state index in [0.717, 1.165) is 5.69 Å². The summed E-state index contributed by atoms with van der Waals surface area (Å²) in [6, 6.07) is 0. The Kier molecular flexibility index (Phi) is 3.47. The molecule has 1 aliphatic rings. The summed E-state index contributed by atoms with van der Waals surface area (Å²) in [5.41, 5.74) is 2.38. The van der Waals surface area contributed by atoms with Crippen molar-refractivity contribution in [2.75, 3.05) is 0 Å². The molecule has 2 aromatic heterocycles. The monoisotopic (exact) mass is 353 g/mol. The number of carboxylic acid groups (broad SMARTS) is 1. The molecule has 1 N–H and O–H groups in total. The predicted octanol–water partition coefficient (Wildman–Crippen LogP) is 3.39. The Labute approximate surface area is 128 Å². The molecule has 104 valence electrons. The second kappa shape index (κ2) is 5.14. The Morgan fingerprint density at radius 3 is 2.90 bits per heavy atom. The van der Waals surface area contributed by atoms with E-state index in [-0.39, 0.29) is 5.69 Å². The number of hydrogen-bond acceptors (Lipinski definition) is 4. The number of aromatic carboxylic acids is 1. The summed E-state index contributed by atoms with van der Waals surface area (Å²) < 4.78 is 2.38. The first-order valence-electron chi connectivity index (χ1n) is 6.16.